The third kappa shape index (κ3) is 2.70. The predicted molar refractivity (Wildman–Crippen MR) is 69.4 cm³/mol. The fourth-order valence-electron chi connectivity index (χ4n) is 2.02. The lowest BCUT2D eigenvalue weighted by Gasteiger charge is -2.36. The molecule has 0 bridgehead atoms. The maximum atomic E-state index is 6.09. The maximum Gasteiger partial charge on any atom is 0.236 e. The summed E-state index contributed by atoms with van der Waals surface area (Å²) in [7, 11) is 0. The topological polar surface area (TPSA) is 18.5 Å². The summed E-state index contributed by atoms with van der Waals surface area (Å²) in [6.07, 6.45) is 15.2. The lowest BCUT2D eigenvalue weighted by molar-refractivity contribution is -0.184. The van der Waals surface area contributed by atoms with Crippen LogP contribution in [0.3, 0.4) is 0 Å². The molecule has 0 N–H and O–H groups in total. The standard InChI is InChI=1S/C15H20O2/c1-3-12-16-15(11-7-6-8-13(15)2)17-14-9-4-5-10-14/h4,6-10H,3,5,11-12H2,1-2H3. The van der Waals surface area contributed by atoms with Gasteiger partial charge in [0.1, 0.15) is 5.76 Å². The Labute approximate surface area is 103 Å². The Morgan fingerprint density at radius 2 is 2.24 bits per heavy atom. The zero-order valence-electron chi connectivity index (χ0n) is 10.6. The molecule has 0 aromatic heterocycles. The number of ether oxygens (including phenoxy) is 2. The molecule has 0 fully saturated rings. The molecule has 0 aromatic carbocycles. The van der Waals surface area contributed by atoms with Crippen LogP contribution in [0, 0.1) is 0 Å². The first-order chi connectivity index (χ1) is 8.27. The average Bonchev–Trinajstić information content (AvgIpc) is 2.83. The molecular formula is C15H20O2. The van der Waals surface area contributed by atoms with Crippen molar-refractivity contribution in [1.29, 1.82) is 0 Å². The van der Waals surface area contributed by atoms with Crippen molar-refractivity contribution in [3.63, 3.8) is 0 Å². The summed E-state index contributed by atoms with van der Waals surface area (Å²) in [5.41, 5.74) is 1.13. The van der Waals surface area contributed by atoms with Gasteiger partial charge in [-0.2, -0.15) is 0 Å². The Bertz CT molecular complexity index is 388. The summed E-state index contributed by atoms with van der Waals surface area (Å²) in [6.45, 7) is 4.90. The van der Waals surface area contributed by atoms with Crippen LogP contribution in [0.2, 0.25) is 0 Å². The van der Waals surface area contributed by atoms with Gasteiger partial charge in [-0.15, -0.1) is 0 Å². The Kier molecular flexibility index (Phi) is 3.85. The maximum absolute atomic E-state index is 6.09. The molecule has 17 heavy (non-hydrogen) atoms. The summed E-state index contributed by atoms with van der Waals surface area (Å²) < 4.78 is 12.1. The summed E-state index contributed by atoms with van der Waals surface area (Å²) in [6, 6.07) is 0. The highest BCUT2D eigenvalue weighted by Crippen LogP contribution is 2.34. The van der Waals surface area contributed by atoms with Crippen LogP contribution < -0.4 is 0 Å². The van der Waals surface area contributed by atoms with Crippen molar-refractivity contribution in [3.8, 4) is 0 Å². The van der Waals surface area contributed by atoms with Crippen molar-refractivity contribution in [2.75, 3.05) is 6.61 Å². The van der Waals surface area contributed by atoms with Crippen molar-refractivity contribution >= 4 is 0 Å². The van der Waals surface area contributed by atoms with Gasteiger partial charge in [-0.3, -0.25) is 0 Å². The normalized spacial score (nSPS) is 26.9. The van der Waals surface area contributed by atoms with Gasteiger partial charge < -0.3 is 9.47 Å². The van der Waals surface area contributed by atoms with Gasteiger partial charge in [0.25, 0.3) is 0 Å². The van der Waals surface area contributed by atoms with Gasteiger partial charge in [-0.1, -0.05) is 31.2 Å². The highest BCUT2D eigenvalue weighted by atomic mass is 16.7. The average molecular weight is 232 g/mol. The molecule has 0 aliphatic heterocycles. The van der Waals surface area contributed by atoms with Crippen LogP contribution in [0.4, 0.5) is 0 Å². The van der Waals surface area contributed by atoms with Crippen molar-refractivity contribution in [2.45, 2.75) is 38.9 Å². The second-order valence-corrected chi connectivity index (χ2v) is 4.43. The molecule has 2 heteroatoms. The SMILES string of the molecule is CCCOC1(OC2=CCC=C2)CC=CC=C1C. The van der Waals surface area contributed by atoms with Gasteiger partial charge in [-0.25, -0.2) is 0 Å². The highest BCUT2D eigenvalue weighted by molar-refractivity contribution is 5.28. The largest absolute Gasteiger partial charge is 0.458 e. The van der Waals surface area contributed by atoms with Crippen molar-refractivity contribution in [1.82, 2.24) is 0 Å². The number of rotatable bonds is 5. The second-order valence-electron chi connectivity index (χ2n) is 4.43. The van der Waals surface area contributed by atoms with E-state index in [1.54, 1.807) is 0 Å². The molecular weight excluding hydrogens is 212 g/mol. The lowest BCUT2D eigenvalue weighted by atomic mass is 9.98. The van der Waals surface area contributed by atoms with Gasteiger partial charge in [0.2, 0.25) is 5.79 Å². The number of hydrogen-bond acceptors (Lipinski definition) is 2. The first kappa shape index (κ1) is 12.2. The van der Waals surface area contributed by atoms with E-state index < -0.39 is 5.79 Å². The Morgan fingerprint density at radius 3 is 2.88 bits per heavy atom. The molecule has 2 nitrogen and oxygen atoms in total. The van der Waals surface area contributed by atoms with E-state index in [0.717, 1.165) is 37.2 Å². The van der Waals surface area contributed by atoms with Gasteiger partial charge in [-0.05, 0) is 37.5 Å². The molecule has 92 valence electrons. The molecule has 0 spiro atoms. The minimum atomic E-state index is -0.592. The van der Waals surface area contributed by atoms with Crippen LogP contribution in [-0.4, -0.2) is 12.4 Å². The second kappa shape index (κ2) is 5.37. The molecule has 0 saturated carbocycles. The summed E-state index contributed by atoms with van der Waals surface area (Å²) >= 11 is 0. The van der Waals surface area contributed by atoms with E-state index in [1.165, 1.54) is 0 Å². The van der Waals surface area contributed by atoms with E-state index in [1.807, 2.05) is 6.08 Å². The van der Waals surface area contributed by atoms with Crippen LogP contribution in [-0.2, 0) is 9.47 Å². The monoisotopic (exact) mass is 232 g/mol. The third-order valence-corrected chi connectivity index (χ3v) is 3.03. The van der Waals surface area contributed by atoms with Gasteiger partial charge in [0, 0.05) is 6.42 Å². The van der Waals surface area contributed by atoms with Crippen LogP contribution in [0.1, 0.15) is 33.1 Å². The molecule has 1 unspecified atom stereocenters. The van der Waals surface area contributed by atoms with Gasteiger partial charge in [0.05, 0.1) is 6.61 Å². The van der Waals surface area contributed by atoms with E-state index in [2.05, 4.69) is 44.2 Å². The first-order valence-electron chi connectivity index (χ1n) is 6.30. The molecule has 0 amide bonds. The minimum absolute atomic E-state index is 0.592. The van der Waals surface area contributed by atoms with E-state index >= 15 is 0 Å². The van der Waals surface area contributed by atoms with Gasteiger partial charge >= 0.3 is 0 Å². The Balaban J connectivity index is 2.14. The summed E-state index contributed by atoms with van der Waals surface area (Å²) in [4.78, 5) is 0. The Hall–Kier alpha value is -1.28. The fourth-order valence-corrected chi connectivity index (χ4v) is 2.02. The van der Waals surface area contributed by atoms with Crippen LogP contribution in [0.15, 0.2) is 47.8 Å². The van der Waals surface area contributed by atoms with Crippen LogP contribution in [0.5, 0.6) is 0 Å². The van der Waals surface area contributed by atoms with E-state index in [4.69, 9.17) is 9.47 Å². The number of allylic oxidation sites excluding steroid dienone is 5. The van der Waals surface area contributed by atoms with Crippen molar-refractivity contribution < 1.29 is 9.47 Å². The zero-order chi connectivity index (χ0) is 12.1. The lowest BCUT2D eigenvalue weighted by Crippen LogP contribution is -2.37. The summed E-state index contributed by atoms with van der Waals surface area (Å²) in [5.74, 6) is 0.329. The molecule has 0 radical (unpaired) electrons. The van der Waals surface area contributed by atoms with Crippen LogP contribution >= 0.6 is 0 Å². The van der Waals surface area contributed by atoms with Gasteiger partial charge in [0.15, 0.2) is 0 Å². The molecule has 0 heterocycles. The molecule has 0 saturated heterocycles. The van der Waals surface area contributed by atoms with Crippen LogP contribution in [0.25, 0.3) is 0 Å². The highest BCUT2D eigenvalue weighted by Gasteiger charge is 2.36. The third-order valence-electron chi connectivity index (χ3n) is 3.03. The fraction of sp³-hybridized carbons (Fsp3) is 0.467. The molecule has 2 aliphatic carbocycles. The quantitative estimate of drug-likeness (QED) is 0.670. The zero-order valence-corrected chi connectivity index (χ0v) is 10.6. The molecule has 2 aliphatic rings. The van der Waals surface area contributed by atoms with E-state index in [0.29, 0.717) is 0 Å². The van der Waals surface area contributed by atoms with Crippen molar-refractivity contribution in [2.24, 2.45) is 0 Å². The molecule has 0 aromatic rings. The first-order valence-corrected chi connectivity index (χ1v) is 6.30. The summed E-state index contributed by atoms with van der Waals surface area (Å²) in [5, 5.41) is 0. The van der Waals surface area contributed by atoms with Crippen molar-refractivity contribution in [3.05, 3.63) is 47.8 Å². The smallest absolute Gasteiger partial charge is 0.236 e. The van der Waals surface area contributed by atoms with E-state index in [9.17, 15) is 0 Å². The molecule has 1 atom stereocenters. The molecule has 2 rings (SSSR count). The van der Waals surface area contributed by atoms with E-state index in [-0.39, 0.29) is 0 Å². The predicted octanol–water partition coefficient (Wildman–Crippen LogP) is 3.88. The Morgan fingerprint density at radius 1 is 1.35 bits per heavy atom. The minimum Gasteiger partial charge on any atom is -0.458 e. The number of hydrogen-bond donors (Lipinski definition) is 0.